The molecular weight excluding hydrogens is 365 g/mol. The van der Waals surface area contributed by atoms with Gasteiger partial charge in [-0.25, -0.2) is 0 Å². The van der Waals surface area contributed by atoms with E-state index in [-0.39, 0.29) is 12.6 Å². The number of hydrogen-bond acceptors (Lipinski definition) is 6. The Balaban J connectivity index is 1.62. The molecule has 0 radical (unpaired) electrons. The predicted molar refractivity (Wildman–Crippen MR) is 89.8 cm³/mol. The Morgan fingerprint density at radius 1 is 1.33 bits per heavy atom. The van der Waals surface area contributed by atoms with Crippen molar-refractivity contribution in [3.63, 3.8) is 0 Å². The number of nitrogens with zero attached hydrogens (tertiary/aromatic N) is 3. The van der Waals surface area contributed by atoms with Crippen LogP contribution in [0, 0.1) is 0 Å². The van der Waals surface area contributed by atoms with Crippen molar-refractivity contribution in [1.29, 1.82) is 0 Å². The molecule has 10 heteroatoms. The Hall–Kier alpha value is -2.62. The molecule has 2 N–H and O–H groups in total. The number of carbonyl (C=O) groups excluding carboxylic acids is 1. The second kappa shape index (κ2) is 7.95. The normalized spacial score (nSPS) is 20.5. The molecule has 27 heavy (non-hydrogen) atoms. The SMILES string of the molecule is O=C(CCC(F)(F)F)N[C@@H]1CN(c2nc(-c3ccccc3)no2)CC[C@H]1O. The van der Waals surface area contributed by atoms with Gasteiger partial charge in [0.2, 0.25) is 11.7 Å². The molecule has 1 aliphatic heterocycles. The number of benzene rings is 1. The average Bonchev–Trinajstić information content (AvgIpc) is 3.12. The Kier molecular flexibility index (Phi) is 5.64. The quantitative estimate of drug-likeness (QED) is 0.821. The van der Waals surface area contributed by atoms with E-state index < -0.39 is 37.1 Å². The molecule has 7 nitrogen and oxygen atoms in total. The Morgan fingerprint density at radius 2 is 2.07 bits per heavy atom. The van der Waals surface area contributed by atoms with E-state index in [2.05, 4.69) is 15.5 Å². The molecule has 1 aromatic heterocycles. The van der Waals surface area contributed by atoms with Crippen molar-refractivity contribution >= 4 is 11.9 Å². The van der Waals surface area contributed by atoms with Crippen molar-refractivity contribution in [3.05, 3.63) is 30.3 Å². The van der Waals surface area contributed by atoms with Gasteiger partial charge in [0, 0.05) is 25.1 Å². The zero-order chi connectivity index (χ0) is 19.4. The van der Waals surface area contributed by atoms with E-state index >= 15 is 0 Å². The van der Waals surface area contributed by atoms with Gasteiger partial charge in [0.15, 0.2) is 0 Å². The third-order valence-electron chi connectivity index (χ3n) is 4.28. The van der Waals surface area contributed by atoms with Gasteiger partial charge < -0.3 is 19.8 Å². The largest absolute Gasteiger partial charge is 0.391 e. The number of alkyl halides is 3. The van der Waals surface area contributed by atoms with Crippen LogP contribution in [-0.2, 0) is 4.79 Å². The standard InChI is InChI=1S/C17H19F3N4O3/c18-17(19,20)8-6-14(26)21-12-10-24(9-7-13(12)25)16-22-15(23-27-16)11-4-2-1-3-5-11/h1-5,12-13,25H,6-10H2,(H,21,26)/t12-,13-/m1/s1. The molecule has 1 aromatic carbocycles. The molecule has 2 aromatic rings. The summed E-state index contributed by atoms with van der Waals surface area (Å²) in [7, 11) is 0. The number of halogens is 3. The Bertz CT molecular complexity index is 766. The first-order chi connectivity index (χ1) is 12.8. The van der Waals surface area contributed by atoms with Crippen LogP contribution >= 0.6 is 0 Å². The van der Waals surface area contributed by atoms with Gasteiger partial charge in [0.25, 0.3) is 0 Å². The van der Waals surface area contributed by atoms with Crippen LogP contribution in [-0.4, -0.2) is 52.6 Å². The lowest BCUT2D eigenvalue weighted by molar-refractivity contribution is -0.144. The monoisotopic (exact) mass is 384 g/mol. The van der Waals surface area contributed by atoms with Crippen LogP contribution < -0.4 is 10.2 Å². The number of anilines is 1. The molecule has 2 heterocycles. The van der Waals surface area contributed by atoms with Gasteiger partial charge >= 0.3 is 12.2 Å². The highest BCUT2D eigenvalue weighted by atomic mass is 19.4. The van der Waals surface area contributed by atoms with Crippen molar-refractivity contribution < 1.29 is 27.6 Å². The summed E-state index contributed by atoms with van der Waals surface area (Å²) >= 11 is 0. The van der Waals surface area contributed by atoms with Gasteiger partial charge in [-0.15, -0.1) is 0 Å². The first-order valence-corrected chi connectivity index (χ1v) is 8.50. The van der Waals surface area contributed by atoms with E-state index in [4.69, 9.17) is 4.52 Å². The fourth-order valence-electron chi connectivity index (χ4n) is 2.84. The number of rotatable bonds is 5. The summed E-state index contributed by atoms with van der Waals surface area (Å²) in [5.41, 5.74) is 0.779. The van der Waals surface area contributed by atoms with Gasteiger partial charge in [-0.2, -0.15) is 18.2 Å². The lowest BCUT2D eigenvalue weighted by Crippen LogP contribution is -2.55. The van der Waals surface area contributed by atoms with E-state index in [1.54, 1.807) is 4.90 Å². The molecule has 146 valence electrons. The summed E-state index contributed by atoms with van der Waals surface area (Å²) in [6, 6.07) is 8.73. The second-order valence-corrected chi connectivity index (χ2v) is 6.36. The fourth-order valence-corrected chi connectivity index (χ4v) is 2.84. The molecule has 2 atom stereocenters. The third-order valence-corrected chi connectivity index (χ3v) is 4.28. The molecule has 0 unspecified atom stereocenters. The van der Waals surface area contributed by atoms with E-state index in [0.717, 1.165) is 5.56 Å². The molecule has 0 saturated carbocycles. The summed E-state index contributed by atoms with van der Waals surface area (Å²) in [5.74, 6) is -0.351. The summed E-state index contributed by atoms with van der Waals surface area (Å²) in [4.78, 5) is 17.8. The molecular formula is C17H19F3N4O3. The Morgan fingerprint density at radius 3 is 2.78 bits per heavy atom. The summed E-state index contributed by atoms with van der Waals surface area (Å²) < 4.78 is 42.0. The van der Waals surface area contributed by atoms with Gasteiger partial charge in [0.05, 0.1) is 18.6 Å². The van der Waals surface area contributed by atoms with Crippen LogP contribution in [0.2, 0.25) is 0 Å². The van der Waals surface area contributed by atoms with Gasteiger partial charge in [0.1, 0.15) is 0 Å². The van der Waals surface area contributed by atoms with Crippen molar-refractivity contribution in [2.75, 3.05) is 18.0 Å². The number of aromatic nitrogens is 2. The maximum Gasteiger partial charge on any atom is 0.389 e. The van der Waals surface area contributed by atoms with Crippen LogP contribution in [0.15, 0.2) is 34.9 Å². The minimum absolute atomic E-state index is 0.162. The number of aliphatic hydroxyl groups excluding tert-OH is 1. The molecule has 0 aliphatic carbocycles. The van der Waals surface area contributed by atoms with Gasteiger partial charge in [-0.3, -0.25) is 4.79 Å². The summed E-state index contributed by atoms with van der Waals surface area (Å²) in [5, 5.41) is 16.4. The lowest BCUT2D eigenvalue weighted by Gasteiger charge is -2.35. The highest BCUT2D eigenvalue weighted by Crippen LogP contribution is 2.24. The van der Waals surface area contributed by atoms with Gasteiger partial charge in [-0.05, 0) is 6.42 Å². The smallest absolute Gasteiger partial charge is 0.389 e. The van der Waals surface area contributed by atoms with Crippen molar-refractivity contribution in [2.24, 2.45) is 0 Å². The van der Waals surface area contributed by atoms with Crippen LogP contribution in [0.4, 0.5) is 19.2 Å². The molecule has 3 rings (SSSR count). The molecule has 0 bridgehead atoms. The fraction of sp³-hybridized carbons (Fsp3) is 0.471. The minimum atomic E-state index is -4.40. The number of aliphatic hydroxyl groups is 1. The maximum absolute atomic E-state index is 12.2. The lowest BCUT2D eigenvalue weighted by atomic mass is 10.0. The first-order valence-electron chi connectivity index (χ1n) is 8.50. The van der Waals surface area contributed by atoms with E-state index in [0.29, 0.717) is 18.8 Å². The zero-order valence-electron chi connectivity index (χ0n) is 14.3. The predicted octanol–water partition coefficient (Wildman–Crippen LogP) is 2.13. The van der Waals surface area contributed by atoms with Gasteiger partial charge in [-0.1, -0.05) is 35.5 Å². The number of hydrogen-bond donors (Lipinski definition) is 2. The highest BCUT2D eigenvalue weighted by molar-refractivity contribution is 5.76. The molecule has 0 spiro atoms. The van der Waals surface area contributed by atoms with Crippen LogP contribution in [0.1, 0.15) is 19.3 Å². The van der Waals surface area contributed by atoms with Crippen LogP contribution in [0.5, 0.6) is 0 Å². The Labute approximate surface area is 153 Å². The highest BCUT2D eigenvalue weighted by Gasteiger charge is 2.33. The topological polar surface area (TPSA) is 91.5 Å². The minimum Gasteiger partial charge on any atom is -0.391 e. The van der Waals surface area contributed by atoms with Crippen LogP contribution in [0.3, 0.4) is 0 Å². The average molecular weight is 384 g/mol. The second-order valence-electron chi connectivity index (χ2n) is 6.36. The molecule has 1 saturated heterocycles. The number of carbonyl (C=O) groups is 1. The molecule has 1 fully saturated rings. The van der Waals surface area contributed by atoms with Crippen LogP contribution in [0.25, 0.3) is 11.4 Å². The summed E-state index contributed by atoms with van der Waals surface area (Å²) in [6.07, 6.45) is -6.81. The molecule has 1 aliphatic rings. The zero-order valence-corrected chi connectivity index (χ0v) is 14.3. The number of nitrogens with one attached hydrogen (secondary N) is 1. The van der Waals surface area contributed by atoms with Crippen molar-refractivity contribution in [2.45, 2.75) is 37.6 Å². The molecule has 1 amide bonds. The number of piperidine rings is 1. The van der Waals surface area contributed by atoms with Crippen molar-refractivity contribution in [3.8, 4) is 11.4 Å². The first kappa shape index (κ1) is 19.2. The third kappa shape index (κ3) is 5.19. The van der Waals surface area contributed by atoms with E-state index in [1.807, 2.05) is 30.3 Å². The summed E-state index contributed by atoms with van der Waals surface area (Å²) in [6.45, 7) is 0.585. The number of amides is 1. The van der Waals surface area contributed by atoms with Crippen molar-refractivity contribution in [1.82, 2.24) is 15.5 Å². The van der Waals surface area contributed by atoms with E-state index in [9.17, 15) is 23.1 Å². The maximum atomic E-state index is 12.2. The van der Waals surface area contributed by atoms with E-state index in [1.165, 1.54) is 0 Å².